The highest BCUT2D eigenvalue weighted by Crippen LogP contribution is 2.25. The lowest BCUT2D eigenvalue weighted by Gasteiger charge is -2.27. The third kappa shape index (κ3) is 4.83. The Balaban J connectivity index is 1.86. The van der Waals surface area contributed by atoms with Crippen molar-refractivity contribution in [2.45, 2.75) is 37.0 Å². The largest absolute Gasteiger partial charge is 0.508 e. The first-order valence-corrected chi connectivity index (χ1v) is 8.88. The van der Waals surface area contributed by atoms with Crippen LogP contribution >= 0.6 is 0 Å². The fourth-order valence-electron chi connectivity index (χ4n) is 2.51. The average Bonchev–Trinajstić information content (AvgIpc) is 2.53. The van der Waals surface area contributed by atoms with Crippen molar-refractivity contribution >= 4 is 22.0 Å². The number of hydrazine groups is 1. The van der Waals surface area contributed by atoms with Crippen LogP contribution in [-0.4, -0.2) is 36.9 Å². The van der Waals surface area contributed by atoms with Crippen LogP contribution in [0.4, 0.5) is 4.79 Å². The second kappa shape index (κ2) is 7.49. The number of hydrogen-bond donors (Lipinski definition) is 4. The zero-order valence-corrected chi connectivity index (χ0v) is 13.6. The van der Waals surface area contributed by atoms with Crippen LogP contribution < -0.4 is 16.0 Å². The van der Waals surface area contributed by atoms with E-state index in [1.54, 1.807) is 0 Å². The van der Waals surface area contributed by atoms with E-state index in [-0.39, 0.29) is 17.4 Å². The van der Waals surface area contributed by atoms with Crippen molar-refractivity contribution in [3.63, 3.8) is 0 Å². The summed E-state index contributed by atoms with van der Waals surface area (Å²) in [6, 6.07) is 5.38. The Labute approximate surface area is 139 Å². The lowest BCUT2D eigenvalue weighted by molar-refractivity contribution is 0.0831. The smallest absolute Gasteiger partial charge is 0.404 e. The first kappa shape index (κ1) is 18.0. The van der Waals surface area contributed by atoms with Crippen LogP contribution in [0.5, 0.6) is 5.75 Å². The van der Waals surface area contributed by atoms with Gasteiger partial charge in [0.2, 0.25) is 10.0 Å². The van der Waals surface area contributed by atoms with Gasteiger partial charge in [0, 0.05) is 5.56 Å². The number of rotatable bonds is 5. The molecule has 0 bridgehead atoms. The van der Waals surface area contributed by atoms with Gasteiger partial charge in [-0.1, -0.05) is 0 Å². The summed E-state index contributed by atoms with van der Waals surface area (Å²) in [6.45, 7) is 0. The Morgan fingerprint density at radius 2 is 1.71 bits per heavy atom. The maximum absolute atomic E-state index is 12.2. The Hall–Kier alpha value is -2.33. The van der Waals surface area contributed by atoms with Gasteiger partial charge in [-0.25, -0.2) is 13.2 Å². The molecule has 0 radical (unpaired) electrons. The fraction of sp³-hybridized carbons (Fsp3) is 0.429. The van der Waals surface area contributed by atoms with Gasteiger partial charge in [0.05, 0.1) is 5.25 Å². The molecule has 24 heavy (non-hydrogen) atoms. The number of phenolic OH excluding ortho intramolecular Hbond substituents is 1. The van der Waals surface area contributed by atoms with E-state index in [0.29, 0.717) is 25.7 Å². The molecule has 1 aliphatic carbocycles. The highest BCUT2D eigenvalue weighted by Gasteiger charge is 2.32. The minimum atomic E-state index is -3.75. The van der Waals surface area contributed by atoms with Crippen LogP contribution in [0.1, 0.15) is 36.0 Å². The number of primary amides is 1. The monoisotopic (exact) mass is 357 g/mol. The molecule has 0 unspecified atom stereocenters. The zero-order valence-electron chi connectivity index (χ0n) is 12.8. The van der Waals surface area contributed by atoms with E-state index in [1.165, 1.54) is 24.3 Å². The van der Waals surface area contributed by atoms with Gasteiger partial charge >= 0.3 is 6.09 Å². The minimum Gasteiger partial charge on any atom is -0.508 e. The quantitative estimate of drug-likeness (QED) is 0.559. The Kier molecular flexibility index (Phi) is 5.62. The molecule has 0 atom stereocenters. The second-order valence-corrected chi connectivity index (χ2v) is 7.44. The predicted molar refractivity (Wildman–Crippen MR) is 84.3 cm³/mol. The summed E-state index contributed by atoms with van der Waals surface area (Å²) in [4.78, 5) is 24.6. The van der Waals surface area contributed by atoms with Gasteiger partial charge in [-0.3, -0.25) is 10.2 Å². The van der Waals surface area contributed by atoms with Crippen LogP contribution in [0, 0.1) is 0 Å². The molecule has 132 valence electrons. The Bertz CT molecular complexity index is 696. The summed E-state index contributed by atoms with van der Waals surface area (Å²) in [7, 11) is -3.75. The second-order valence-electron chi connectivity index (χ2n) is 5.48. The number of phenols is 1. The molecule has 1 aliphatic rings. The molecule has 1 fully saturated rings. The molecule has 2 rings (SSSR count). The van der Waals surface area contributed by atoms with Gasteiger partial charge in [0.25, 0.3) is 5.91 Å². The first-order chi connectivity index (χ1) is 11.3. The van der Waals surface area contributed by atoms with E-state index in [9.17, 15) is 18.0 Å². The van der Waals surface area contributed by atoms with Crippen molar-refractivity contribution in [3.8, 4) is 5.75 Å². The third-order valence-corrected chi connectivity index (χ3v) is 5.51. The SMILES string of the molecule is NC(=O)OC1CCC(S(=O)(=O)NNC(=O)c2ccc(O)cc2)CC1. The number of hydrogen-bond acceptors (Lipinski definition) is 6. The summed E-state index contributed by atoms with van der Waals surface area (Å²) in [5.74, 6) is -0.633. The summed E-state index contributed by atoms with van der Waals surface area (Å²) in [5, 5.41) is 8.47. The standard InChI is InChI=1S/C14H19N3O6S/c15-14(20)23-11-5-7-12(8-6-11)24(21,22)17-16-13(19)9-1-3-10(18)4-2-9/h1-4,11-12,17-18H,5-8H2,(H2,15,20)(H,16,19). The number of benzene rings is 1. The molecule has 5 N–H and O–H groups in total. The zero-order chi connectivity index (χ0) is 17.7. The Morgan fingerprint density at radius 3 is 2.25 bits per heavy atom. The number of sulfonamides is 1. The molecule has 1 aromatic rings. The van der Waals surface area contributed by atoms with Gasteiger partial charge in [0.15, 0.2) is 0 Å². The lowest BCUT2D eigenvalue weighted by atomic mass is 9.97. The molecule has 0 saturated heterocycles. The first-order valence-electron chi connectivity index (χ1n) is 7.34. The molecule has 9 nitrogen and oxygen atoms in total. The highest BCUT2D eigenvalue weighted by molar-refractivity contribution is 7.90. The molecule has 10 heteroatoms. The van der Waals surface area contributed by atoms with E-state index in [4.69, 9.17) is 15.6 Å². The molecule has 2 amide bonds. The van der Waals surface area contributed by atoms with Gasteiger partial charge < -0.3 is 15.6 Å². The molecule has 1 saturated carbocycles. The van der Waals surface area contributed by atoms with Crippen LogP contribution in [-0.2, 0) is 14.8 Å². The van der Waals surface area contributed by atoms with E-state index in [2.05, 4.69) is 10.3 Å². The Morgan fingerprint density at radius 1 is 1.12 bits per heavy atom. The maximum Gasteiger partial charge on any atom is 0.404 e. The van der Waals surface area contributed by atoms with Crippen molar-refractivity contribution in [2.75, 3.05) is 0 Å². The van der Waals surface area contributed by atoms with Crippen molar-refractivity contribution < 1.29 is 27.9 Å². The number of carbonyl (C=O) groups is 2. The van der Waals surface area contributed by atoms with Crippen LogP contribution in [0.3, 0.4) is 0 Å². The minimum absolute atomic E-state index is 0.00192. The van der Waals surface area contributed by atoms with Crippen molar-refractivity contribution in [1.29, 1.82) is 0 Å². The summed E-state index contributed by atoms with van der Waals surface area (Å²) in [6.07, 6.45) is 0.118. The molecular formula is C14H19N3O6S. The summed E-state index contributed by atoms with van der Waals surface area (Å²) in [5.41, 5.74) is 7.27. The lowest BCUT2D eigenvalue weighted by Crippen LogP contribution is -2.47. The summed E-state index contributed by atoms with van der Waals surface area (Å²) < 4.78 is 29.3. The number of aromatic hydroxyl groups is 1. The van der Waals surface area contributed by atoms with Crippen molar-refractivity contribution in [2.24, 2.45) is 5.73 Å². The highest BCUT2D eigenvalue weighted by atomic mass is 32.2. The van der Waals surface area contributed by atoms with E-state index in [0.717, 1.165) is 0 Å². The van der Waals surface area contributed by atoms with Crippen molar-refractivity contribution in [3.05, 3.63) is 29.8 Å². The van der Waals surface area contributed by atoms with Gasteiger partial charge in [-0.05, 0) is 49.9 Å². The maximum atomic E-state index is 12.2. The van der Waals surface area contributed by atoms with Crippen LogP contribution in [0.2, 0.25) is 0 Å². The topological polar surface area (TPSA) is 148 Å². The fourth-order valence-corrected chi connectivity index (χ4v) is 3.80. The van der Waals surface area contributed by atoms with Crippen LogP contribution in [0.15, 0.2) is 24.3 Å². The van der Waals surface area contributed by atoms with Crippen molar-refractivity contribution in [1.82, 2.24) is 10.3 Å². The molecule has 0 heterocycles. The average molecular weight is 357 g/mol. The number of carbonyl (C=O) groups excluding carboxylic acids is 2. The van der Waals surface area contributed by atoms with E-state index < -0.39 is 27.3 Å². The molecule has 0 aliphatic heterocycles. The van der Waals surface area contributed by atoms with Gasteiger partial charge in [-0.15, -0.1) is 4.83 Å². The number of nitrogens with two attached hydrogens (primary N) is 1. The van der Waals surface area contributed by atoms with Crippen LogP contribution in [0.25, 0.3) is 0 Å². The molecule has 0 aromatic heterocycles. The van der Waals surface area contributed by atoms with Gasteiger partial charge in [-0.2, -0.15) is 0 Å². The van der Waals surface area contributed by atoms with Gasteiger partial charge in [0.1, 0.15) is 11.9 Å². The summed E-state index contributed by atoms with van der Waals surface area (Å²) >= 11 is 0. The predicted octanol–water partition coefficient (Wildman–Crippen LogP) is 0.363. The molecule has 1 aromatic carbocycles. The van der Waals surface area contributed by atoms with E-state index in [1.807, 2.05) is 0 Å². The molecular weight excluding hydrogens is 338 g/mol. The number of amides is 2. The van der Waals surface area contributed by atoms with E-state index >= 15 is 0 Å². The molecule has 0 spiro atoms. The normalized spacial score (nSPS) is 21.0. The number of ether oxygens (including phenoxy) is 1. The number of nitrogens with one attached hydrogen (secondary N) is 2. The third-order valence-electron chi connectivity index (χ3n) is 3.78.